The third-order valence-corrected chi connectivity index (χ3v) is 3.25. The Morgan fingerprint density at radius 1 is 1.37 bits per heavy atom. The number of nitrogen functional groups attached to an aromatic ring is 1. The van der Waals surface area contributed by atoms with Gasteiger partial charge in [0.2, 0.25) is 0 Å². The summed E-state index contributed by atoms with van der Waals surface area (Å²) < 4.78 is 6.73. The Kier molecular flexibility index (Phi) is 2.86. The maximum absolute atomic E-state index is 9.97. The minimum absolute atomic E-state index is 0.265. The number of hydrogen-bond acceptors (Lipinski definition) is 7. The molecule has 1 aliphatic heterocycles. The van der Waals surface area contributed by atoms with Gasteiger partial charge in [-0.3, -0.25) is 0 Å². The van der Waals surface area contributed by atoms with Crippen LogP contribution in [0.4, 0.5) is 5.82 Å². The predicted molar refractivity (Wildman–Crippen MR) is 64.9 cm³/mol. The standard InChI is InChI=1S/C11H14N4O4/c12-9-5-2-1-3-13-10(5)15(14-9)11-8(18)7(17)6(4-16)19-11/h1-3,6-8,11,16-18H,4H2,(H2,12,14)/t6-,7+,8+,11-/m1/s1. The Bertz CT molecular complexity index is 601. The zero-order chi connectivity index (χ0) is 13.6. The van der Waals surface area contributed by atoms with Crippen molar-refractivity contribution in [2.24, 2.45) is 0 Å². The van der Waals surface area contributed by atoms with Crippen LogP contribution in [0.5, 0.6) is 0 Å². The molecular formula is C11H14N4O4. The summed E-state index contributed by atoms with van der Waals surface area (Å²) in [7, 11) is 0. The third-order valence-electron chi connectivity index (χ3n) is 3.25. The first kappa shape index (κ1) is 12.3. The van der Waals surface area contributed by atoms with Gasteiger partial charge in [0.15, 0.2) is 17.7 Å². The summed E-state index contributed by atoms with van der Waals surface area (Å²) in [6, 6.07) is 3.48. The van der Waals surface area contributed by atoms with Crippen molar-refractivity contribution in [2.75, 3.05) is 12.3 Å². The van der Waals surface area contributed by atoms with Crippen LogP contribution >= 0.6 is 0 Å². The maximum Gasteiger partial charge on any atom is 0.181 e. The summed E-state index contributed by atoms with van der Waals surface area (Å²) in [5.41, 5.74) is 6.22. The molecule has 0 unspecified atom stereocenters. The van der Waals surface area contributed by atoms with Crippen molar-refractivity contribution >= 4 is 16.9 Å². The van der Waals surface area contributed by atoms with E-state index in [1.165, 1.54) is 4.68 Å². The fraction of sp³-hybridized carbons (Fsp3) is 0.455. The first-order valence-electron chi connectivity index (χ1n) is 5.84. The summed E-state index contributed by atoms with van der Waals surface area (Å²) in [5.74, 6) is 0.265. The number of anilines is 1. The highest BCUT2D eigenvalue weighted by molar-refractivity contribution is 5.86. The summed E-state index contributed by atoms with van der Waals surface area (Å²) in [6.07, 6.45) is -2.60. The second-order valence-corrected chi connectivity index (χ2v) is 4.43. The Hall–Kier alpha value is -1.74. The first-order valence-corrected chi connectivity index (χ1v) is 5.84. The van der Waals surface area contributed by atoms with Crippen molar-refractivity contribution in [1.82, 2.24) is 14.8 Å². The molecule has 1 aliphatic rings. The highest BCUT2D eigenvalue weighted by Crippen LogP contribution is 2.32. The van der Waals surface area contributed by atoms with Gasteiger partial charge in [-0.15, -0.1) is 0 Å². The minimum Gasteiger partial charge on any atom is -0.394 e. The van der Waals surface area contributed by atoms with E-state index in [9.17, 15) is 10.2 Å². The molecule has 8 heteroatoms. The minimum atomic E-state index is -1.21. The Morgan fingerprint density at radius 2 is 2.16 bits per heavy atom. The van der Waals surface area contributed by atoms with Crippen molar-refractivity contribution in [2.45, 2.75) is 24.5 Å². The van der Waals surface area contributed by atoms with Crippen molar-refractivity contribution in [3.8, 4) is 0 Å². The lowest BCUT2D eigenvalue weighted by atomic mass is 10.1. The number of aliphatic hydroxyl groups is 3. The largest absolute Gasteiger partial charge is 0.394 e. The Balaban J connectivity index is 2.06. The summed E-state index contributed by atoms with van der Waals surface area (Å²) >= 11 is 0. The number of aromatic nitrogens is 3. The Morgan fingerprint density at radius 3 is 2.84 bits per heavy atom. The van der Waals surface area contributed by atoms with Crippen LogP contribution in [-0.4, -0.2) is 55.0 Å². The van der Waals surface area contributed by atoms with Gasteiger partial charge in [-0.2, -0.15) is 5.10 Å². The van der Waals surface area contributed by atoms with Crippen molar-refractivity contribution in [3.63, 3.8) is 0 Å². The first-order chi connectivity index (χ1) is 9.13. The van der Waals surface area contributed by atoms with Gasteiger partial charge in [0.25, 0.3) is 0 Å². The molecule has 8 nitrogen and oxygen atoms in total. The number of aliphatic hydroxyl groups excluding tert-OH is 3. The van der Waals surface area contributed by atoms with E-state index in [0.29, 0.717) is 11.0 Å². The van der Waals surface area contributed by atoms with E-state index in [1.807, 2.05) is 0 Å². The fourth-order valence-corrected chi connectivity index (χ4v) is 2.26. The van der Waals surface area contributed by atoms with Crippen molar-refractivity contribution in [3.05, 3.63) is 18.3 Å². The molecule has 19 heavy (non-hydrogen) atoms. The number of ether oxygens (including phenoxy) is 1. The zero-order valence-electron chi connectivity index (χ0n) is 9.92. The maximum atomic E-state index is 9.97. The third kappa shape index (κ3) is 1.77. The molecule has 4 atom stereocenters. The highest BCUT2D eigenvalue weighted by Gasteiger charge is 2.44. The molecule has 0 amide bonds. The molecule has 2 aromatic rings. The van der Waals surface area contributed by atoms with Gasteiger partial charge in [0.05, 0.1) is 12.0 Å². The molecule has 0 saturated carbocycles. The van der Waals surface area contributed by atoms with E-state index in [0.717, 1.165) is 0 Å². The lowest BCUT2D eigenvalue weighted by Crippen LogP contribution is -2.33. The molecule has 0 aliphatic carbocycles. The number of fused-ring (bicyclic) bond motifs is 1. The summed E-state index contributed by atoms with van der Waals surface area (Å²) in [5, 5.41) is 33.5. The highest BCUT2D eigenvalue weighted by atomic mass is 16.6. The molecule has 3 rings (SSSR count). The Labute approximate surface area is 108 Å². The van der Waals surface area contributed by atoms with Crippen molar-refractivity contribution in [1.29, 1.82) is 0 Å². The number of nitrogens with two attached hydrogens (primary N) is 1. The molecule has 0 aromatic carbocycles. The SMILES string of the molecule is Nc1nn([C@@H]2O[C@H](CO)[C@H](O)[C@@H]2O)c2ncccc12. The van der Waals surface area contributed by atoms with E-state index in [2.05, 4.69) is 10.1 Å². The average Bonchev–Trinajstić information content (AvgIpc) is 2.90. The van der Waals surface area contributed by atoms with E-state index in [-0.39, 0.29) is 5.82 Å². The molecule has 2 aromatic heterocycles. The summed E-state index contributed by atoms with van der Waals surface area (Å²) in [6.45, 7) is -0.392. The van der Waals surface area contributed by atoms with Crippen LogP contribution in [0.15, 0.2) is 18.3 Å². The lowest BCUT2D eigenvalue weighted by molar-refractivity contribution is -0.0565. The normalized spacial score (nSPS) is 31.1. The fourth-order valence-electron chi connectivity index (χ4n) is 2.26. The van der Waals surface area contributed by atoms with Gasteiger partial charge >= 0.3 is 0 Å². The van der Waals surface area contributed by atoms with Crippen LogP contribution in [0, 0.1) is 0 Å². The molecule has 0 bridgehead atoms. The molecular weight excluding hydrogens is 252 g/mol. The number of nitrogens with zero attached hydrogens (tertiary/aromatic N) is 3. The summed E-state index contributed by atoms with van der Waals surface area (Å²) in [4.78, 5) is 4.14. The van der Waals surface area contributed by atoms with Crippen LogP contribution in [0.3, 0.4) is 0 Å². The van der Waals surface area contributed by atoms with Gasteiger partial charge in [-0.25, -0.2) is 9.67 Å². The van der Waals surface area contributed by atoms with Crippen LogP contribution < -0.4 is 5.73 Å². The van der Waals surface area contributed by atoms with E-state index in [1.54, 1.807) is 18.3 Å². The van der Waals surface area contributed by atoms with Gasteiger partial charge in [-0.05, 0) is 12.1 Å². The van der Waals surface area contributed by atoms with Crippen LogP contribution in [0.25, 0.3) is 11.0 Å². The second kappa shape index (κ2) is 4.42. The molecule has 3 heterocycles. The monoisotopic (exact) mass is 266 g/mol. The smallest absolute Gasteiger partial charge is 0.181 e. The van der Waals surface area contributed by atoms with Crippen molar-refractivity contribution < 1.29 is 20.1 Å². The molecule has 5 N–H and O–H groups in total. The van der Waals surface area contributed by atoms with Crippen LogP contribution in [0.1, 0.15) is 6.23 Å². The van der Waals surface area contributed by atoms with E-state index < -0.39 is 31.1 Å². The van der Waals surface area contributed by atoms with Gasteiger partial charge in [-0.1, -0.05) is 0 Å². The number of pyridine rings is 1. The topological polar surface area (TPSA) is 127 Å². The van der Waals surface area contributed by atoms with Gasteiger partial charge in [0.1, 0.15) is 18.3 Å². The molecule has 0 radical (unpaired) electrons. The quantitative estimate of drug-likeness (QED) is 0.528. The molecule has 1 fully saturated rings. The van der Waals surface area contributed by atoms with Crippen LogP contribution in [-0.2, 0) is 4.74 Å². The molecule has 0 spiro atoms. The van der Waals surface area contributed by atoms with Gasteiger partial charge < -0.3 is 25.8 Å². The lowest BCUT2D eigenvalue weighted by Gasteiger charge is -2.15. The van der Waals surface area contributed by atoms with E-state index in [4.69, 9.17) is 15.6 Å². The number of hydrogen-bond donors (Lipinski definition) is 4. The predicted octanol–water partition coefficient (Wildman–Crippen LogP) is -1.37. The molecule has 102 valence electrons. The zero-order valence-corrected chi connectivity index (χ0v) is 9.92. The second-order valence-electron chi connectivity index (χ2n) is 4.43. The van der Waals surface area contributed by atoms with Crippen LogP contribution in [0.2, 0.25) is 0 Å². The molecule has 1 saturated heterocycles. The van der Waals surface area contributed by atoms with E-state index >= 15 is 0 Å². The van der Waals surface area contributed by atoms with Gasteiger partial charge in [0, 0.05) is 6.20 Å². The number of rotatable bonds is 2. The average molecular weight is 266 g/mol.